The second-order valence-corrected chi connectivity index (χ2v) is 4.81. The predicted octanol–water partition coefficient (Wildman–Crippen LogP) is 0.270. The van der Waals surface area contributed by atoms with E-state index in [0.717, 1.165) is 0 Å². The van der Waals surface area contributed by atoms with Gasteiger partial charge in [0.2, 0.25) is 5.91 Å². The summed E-state index contributed by atoms with van der Waals surface area (Å²) in [6.45, 7) is 3.95. The van der Waals surface area contributed by atoms with Crippen molar-refractivity contribution in [2.45, 2.75) is 19.4 Å². The van der Waals surface area contributed by atoms with Crippen LogP contribution in [-0.4, -0.2) is 30.4 Å². The second kappa shape index (κ2) is 6.16. The first-order chi connectivity index (χ1) is 8.38. The molecule has 0 radical (unpaired) electrons. The van der Waals surface area contributed by atoms with Crippen LogP contribution in [0.25, 0.3) is 0 Å². The summed E-state index contributed by atoms with van der Waals surface area (Å²) in [6.07, 6.45) is 0. The number of hydrogen-bond acceptors (Lipinski definition) is 3. The minimum Gasteiger partial charge on any atom is -0.353 e. The Balaban J connectivity index is 2.33. The standard InChI is InChI=1S/C13H19N3O2/c1-13(2,14)9-16-11(17)8-15-12(18)10-6-4-3-5-7-10/h3-7H,8-9,14H2,1-2H3,(H,15,18)(H,16,17). The number of nitrogens with two attached hydrogens (primary N) is 1. The molecule has 1 aromatic rings. The minimum absolute atomic E-state index is 0.0518. The Morgan fingerprint density at radius 1 is 1.17 bits per heavy atom. The third-order valence-electron chi connectivity index (χ3n) is 2.19. The van der Waals surface area contributed by atoms with Gasteiger partial charge in [0.25, 0.3) is 5.91 Å². The van der Waals surface area contributed by atoms with Crippen molar-refractivity contribution in [1.29, 1.82) is 0 Å². The molecule has 0 heterocycles. The molecule has 5 nitrogen and oxygen atoms in total. The first-order valence-electron chi connectivity index (χ1n) is 5.77. The molecule has 0 aliphatic heterocycles. The number of carbonyl (C=O) groups excluding carboxylic acids is 2. The van der Waals surface area contributed by atoms with Gasteiger partial charge < -0.3 is 16.4 Å². The third kappa shape index (κ3) is 5.45. The molecule has 0 aliphatic rings. The van der Waals surface area contributed by atoms with Crippen molar-refractivity contribution in [3.8, 4) is 0 Å². The summed E-state index contributed by atoms with van der Waals surface area (Å²) >= 11 is 0. The van der Waals surface area contributed by atoms with Gasteiger partial charge in [-0.1, -0.05) is 18.2 Å². The second-order valence-electron chi connectivity index (χ2n) is 4.81. The molecule has 1 aromatic carbocycles. The molecule has 0 spiro atoms. The zero-order chi connectivity index (χ0) is 13.6. The van der Waals surface area contributed by atoms with Crippen molar-refractivity contribution in [2.75, 3.05) is 13.1 Å². The maximum Gasteiger partial charge on any atom is 0.251 e. The van der Waals surface area contributed by atoms with Gasteiger partial charge in [0.15, 0.2) is 0 Å². The molecule has 0 atom stereocenters. The highest BCUT2D eigenvalue weighted by atomic mass is 16.2. The molecular formula is C13H19N3O2. The molecule has 0 aromatic heterocycles. The van der Waals surface area contributed by atoms with Crippen LogP contribution in [0.4, 0.5) is 0 Å². The highest BCUT2D eigenvalue weighted by molar-refractivity contribution is 5.96. The number of carbonyl (C=O) groups is 2. The Bertz CT molecular complexity index is 410. The first kappa shape index (κ1) is 14.2. The van der Waals surface area contributed by atoms with Gasteiger partial charge in [0.1, 0.15) is 0 Å². The maximum absolute atomic E-state index is 11.6. The van der Waals surface area contributed by atoms with Crippen molar-refractivity contribution >= 4 is 11.8 Å². The molecule has 0 bridgehead atoms. The van der Waals surface area contributed by atoms with Gasteiger partial charge in [0, 0.05) is 17.6 Å². The highest BCUT2D eigenvalue weighted by Crippen LogP contribution is 1.97. The van der Waals surface area contributed by atoms with Crippen LogP contribution in [0, 0.1) is 0 Å². The van der Waals surface area contributed by atoms with Crippen LogP contribution in [0.3, 0.4) is 0 Å². The Morgan fingerprint density at radius 2 is 1.78 bits per heavy atom. The lowest BCUT2D eigenvalue weighted by Gasteiger charge is -2.18. The van der Waals surface area contributed by atoms with Gasteiger partial charge in [0.05, 0.1) is 6.54 Å². The van der Waals surface area contributed by atoms with Gasteiger partial charge in [-0.25, -0.2) is 0 Å². The van der Waals surface area contributed by atoms with E-state index in [0.29, 0.717) is 12.1 Å². The average molecular weight is 249 g/mol. The highest BCUT2D eigenvalue weighted by Gasteiger charge is 2.12. The fourth-order valence-electron chi connectivity index (χ4n) is 1.24. The van der Waals surface area contributed by atoms with Gasteiger partial charge >= 0.3 is 0 Å². The summed E-state index contributed by atoms with van der Waals surface area (Å²) in [5.74, 6) is -0.518. The SMILES string of the molecule is CC(C)(N)CNC(=O)CNC(=O)c1ccccc1. The molecule has 0 fully saturated rings. The fraction of sp³-hybridized carbons (Fsp3) is 0.385. The first-order valence-corrected chi connectivity index (χ1v) is 5.77. The monoisotopic (exact) mass is 249 g/mol. The number of nitrogens with one attached hydrogen (secondary N) is 2. The van der Waals surface area contributed by atoms with Crippen LogP contribution in [0.1, 0.15) is 24.2 Å². The molecule has 0 saturated heterocycles. The van der Waals surface area contributed by atoms with E-state index in [2.05, 4.69) is 10.6 Å². The lowest BCUT2D eigenvalue weighted by Crippen LogP contribution is -2.47. The Morgan fingerprint density at radius 3 is 2.33 bits per heavy atom. The van der Waals surface area contributed by atoms with Crippen LogP contribution in [0.2, 0.25) is 0 Å². The fourth-order valence-corrected chi connectivity index (χ4v) is 1.24. The lowest BCUT2D eigenvalue weighted by atomic mass is 10.1. The van der Waals surface area contributed by atoms with Crippen LogP contribution < -0.4 is 16.4 Å². The van der Waals surface area contributed by atoms with E-state index in [-0.39, 0.29) is 18.4 Å². The van der Waals surface area contributed by atoms with Gasteiger partial charge in [-0.3, -0.25) is 9.59 Å². The van der Waals surface area contributed by atoms with Crippen molar-refractivity contribution < 1.29 is 9.59 Å². The largest absolute Gasteiger partial charge is 0.353 e. The molecule has 0 saturated carbocycles. The molecule has 98 valence electrons. The van der Waals surface area contributed by atoms with Crippen molar-refractivity contribution in [1.82, 2.24) is 10.6 Å². The lowest BCUT2D eigenvalue weighted by molar-refractivity contribution is -0.120. The summed E-state index contributed by atoms with van der Waals surface area (Å²) in [6, 6.07) is 8.75. The van der Waals surface area contributed by atoms with E-state index in [1.54, 1.807) is 24.3 Å². The molecular weight excluding hydrogens is 230 g/mol. The summed E-state index contributed by atoms with van der Waals surface area (Å²) < 4.78 is 0. The number of benzene rings is 1. The van der Waals surface area contributed by atoms with E-state index < -0.39 is 5.54 Å². The van der Waals surface area contributed by atoms with Crippen molar-refractivity contribution in [2.24, 2.45) is 5.73 Å². The number of rotatable bonds is 5. The third-order valence-corrected chi connectivity index (χ3v) is 2.19. The molecule has 5 heteroatoms. The van der Waals surface area contributed by atoms with E-state index in [1.807, 2.05) is 19.9 Å². The number of amides is 2. The van der Waals surface area contributed by atoms with Crippen molar-refractivity contribution in [3.05, 3.63) is 35.9 Å². The summed E-state index contributed by atoms with van der Waals surface area (Å²) in [4.78, 5) is 23.1. The molecule has 2 amide bonds. The summed E-state index contributed by atoms with van der Waals surface area (Å²) in [5.41, 5.74) is 5.80. The van der Waals surface area contributed by atoms with Crippen molar-refractivity contribution in [3.63, 3.8) is 0 Å². The predicted molar refractivity (Wildman–Crippen MR) is 70.1 cm³/mol. The molecule has 4 N–H and O–H groups in total. The number of hydrogen-bond donors (Lipinski definition) is 3. The quantitative estimate of drug-likeness (QED) is 0.700. The van der Waals surface area contributed by atoms with Gasteiger partial charge in [-0.05, 0) is 26.0 Å². The summed E-state index contributed by atoms with van der Waals surface area (Å²) in [7, 11) is 0. The van der Waals surface area contributed by atoms with E-state index in [1.165, 1.54) is 0 Å². The smallest absolute Gasteiger partial charge is 0.251 e. The van der Waals surface area contributed by atoms with Crippen LogP contribution in [0.15, 0.2) is 30.3 Å². The molecule has 1 rings (SSSR count). The van der Waals surface area contributed by atoms with E-state index >= 15 is 0 Å². The van der Waals surface area contributed by atoms with E-state index in [4.69, 9.17) is 5.73 Å². The average Bonchev–Trinajstić information content (AvgIpc) is 2.33. The molecule has 18 heavy (non-hydrogen) atoms. The topological polar surface area (TPSA) is 84.2 Å². The van der Waals surface area contributed by atoms with Crippen LogP contribution in [0.5, 0.6) is 0 Å². The minimum atomic E-state index is -0.459. The normalized spacial score (nSPS) is 10.8. The Labute approximate surface area is 107 Å². The zero-order valence-electron chi connectivity index (χ0n) is 10.7. The maximum atomic E-state index is 11.6. The van der Waals surface area contributed by atoms with Gasteiger partial charge in [-0.15, -0.1) is 0 Å². The Hall–Kier alpha value is -1.88. The zero-order valence-corrected chi connectivity index (χ0v) is 10.7. The Kier molecular flexibility index (Phi) is 4.85. The van der Waals surface area contributed by atoms with Crippen LogP contribution >= 0.6 is 0 Å². The van der Waals surface area contributed by atoms with Gasteiger partial charge in [-0.2, -0.15) is 0 Å². The molecule has 0 aliphatic carbocycles. The van der Waals surface area contributed by atoms with E-state index in [9.17, 15) is 9.59 Å². The molecule has 0 unspecified atom stereocenters. The van der Waals surface area contributed by atoms with Crippen LogP contribution in [-0.2, 0) is 4.79 Å². The summed E-state index contributed by atoms with van der Waals surface area (Å²) in [5, 5.41) is 5.19.